The van der Waals surface area contributed by atoms with Gasteiger partial charge in [-0.3, -0.25) is 0 Å². The van der Waals surface area contributed by atoms with E-state index in [2.05, 4.69) is 10.6 Å². The Morgan fingerprint density at radius 3 is 2.59 bits per heavy atom. The summed E-state index contributed by atoms with van der Waals surface area (Å²) in [6.07, 6.45) is 0.699. The number of benzene rings is 1. The van der Waals surface area contributed by atoms with Crippen molar-refractivity contribution in [3.63, 3.8) is 0 Å². The number of rotatable bonds is 5. The van der Waals surface area contributed by atoms with E-state index < -0.39 is 0 Å². The first kappa shape index (κ1) is 13.8. The van der Waals surface area contributed by atoms with E-state index in [4.69, 9.17) is 16.7 Å². The fourth-order valence-electron chi connectivity index (χ4n) is 1.30. The van der Waals surface area contributed by atoms with Gasteiger partial charge in [0.1, 0.15) is 0 Å². The molecule has 3 N–H and O–H groups in total. The number of hydrogen-bond donors (Lipinski definition) is 3. The number of nitrogens with one attached hydrogen (secondary N) is 2. The number of halogens is 1. The van der Waals surface area contributed by atoms with Gasteiger partial charge in [0.25, 0.3) is 0 Å². The lowest BCUT2D eigenvalue weighted by Crippen LogP contribution is -2.43. The third-order valence-corrected chi connectivity index (χ3v) is 2.67. The van der Waals surface area contributed by atoms with Gasteiger partial charge in [0.2, 0.25) is 0 Å². The van der Waals surface area contributed by atoms with Crippen LogP contribution < -0.4 is 10.6 Å². The molecular weight excluding hydrogens is 240 g/mol. The van der Waals surface area contributed by atoms with Crippen molar-refractivity contribution in [1.82, 2.24) is 10.6 Å². The smallest absolute Gasteiger partial charge is 0.315 e. The molecule has 0 heterocycles. The number of carbonyl (C=O) groups excluding carboxylic acids is 1. The van der Waals surface area contributed by atoms with Crippen molar-refractivity contribution >= 4 is 17.6 Å². The van der Waals surface area contributed by atoms with Crippen LogP contribution in [0.1, 0.15) is 18.9 Å². The molecule has 0 saturated carbocycles. The predicted molar refractivity (Wildman–Crippen MR) is 68.0 cm³/mol. The molecule has 1 aromatic rings. The largest absolute Gasteiger partial charge is 0.394 e. The number of hydrogen-bond acceptors (Lipinski definition) is 2. The maximum absolute atomic E-state index is 11.5. The highest BCUT2D eigenvalue weighted by molar-refractivity contribution is 6.30. The van der Waals surface area contributed by atoms with Crippen molar-refractivity contribution in [3.05, 3.63) is 34.9 Å². The van der Waals surface area contributed by atoms with Crippen LogP contribution in [0, 0.1) is 0 Å². The van der Waals surface area contributed by atoms with Crippen LogP contribution in [0.3, 0.4) is 0 Å². The second-order valence-corrected chi connectivity index (χ2v) is 4.18. The average molecular weight is 257 g/mol. The van der Waals surface area contributed by atoms with Gasteiger partial charge in [-0.15, -0.1) is 0 Å². The van der Waals surface area contributed by atoms with Crippen molar-refractivity contribution in [3.8, 4) is 0 Å². The fourth-order valence-corrected chi connectivity index (χ4v) is 1.42. The highest BCUT2D eigenvalue weighted by Crippen LogP contribution is 2.08. The Morgan fingerprint density at radius 2 is 2.06 bits per heavy atom. The maximum atomic E-state index is 11.5. The lowest BCUT2D eigenvalue weighted by molar-refractivity contribution is 0.214. The van der Waals surface area contributed by atoms with Crippen LogP contribution in [0.2, 0.25) is 5.02 Å². The first-order valence-electron chi connectivity index (χ1n) is 5.55. The number of aliphatic hydroxyl groups is 1. The van der Waals surface area contributed by atoms with Crippen LogP contribution in [0.4, 0.5) is 4.79 Å². The number of amides is 2. The Bertz CT molecular complexity index is 350. The second-order valence-electron chi connectivity index (χ2n) is 3.74. The van der Waals surface area contributed by atoms with Crippen LogP contribution in [0.5, 0.6) is 0 Å². The quantitative estimate of drug-likeness (QED) is 0.754. The Labute approximate surface area is 106 Å². The summed E-state index contributed by atoms with van der Waals surface area (Å²) in [5.74, 6) is 0. The molecule has 0 bridgehead atoms. The molecule has 0 aromatic heterocycles. The lowest BCUT2D eigenvalue weighted by Gasteiger charge is -2.14. The normalized spacial score (nSPS) is 11.9. The highest BCUT2D eigenvalue weighted by atomic mass is 35.5. The second kappa shape index (κ2) is 7.14. The summed E-state index contributed by atoms with van der Waals surface area (Å²) in [6, 6.07) is 6.79. The molecule has 0 aliphatic rings. The van der Waals surface area contributed by atoms with E-state index in [1.165, 1.54) is 0 Å². The SMILES string of the molecule is CCC(CO)NC(=O)NCc1ccc(Cl)cc1. The first-order valence-corrected chi connectivity index (χ1v) is 5.93. The van der Waals surface area contributed by atoms with Gasteiger partial charge in [0.05, 0.1) is 12.6 Å². The van der Waals surface area contributed by atoms with Crippen LogP contribution >= 0.6 is 11.6 Å². The molecule has 0 radical (unpaired) electrons. The molecular formula is C12H17ClN2O2. The molecule has 94 valence electrons. The van der Waals surface area contributed by atoms with Crippen LogP contribution in [-0.4, -0.2) is 23.8 Å². The molecule has 1 rings (SSSR count). The van der Waals surface area contributed by atoms with E-state index in [0.29, 0.717) is 18.0 Å². The summed E-state index contributed by atoms with van der Waals surface area (Å²) in [5.41, 5.74) is 0.974. The summed E-state index contributed by atoms with van der Waals surface area (Å²) in [7, 11) is 0. The minimum absolute atomic E-state index is 0.0507. The van der Waals surface area contributed by atoms with Crippen molar-refractivity contribution in [1.29, 1.82) is 0 Å². The molecule has 0 spiro atoms. The van der Waals surface area contributed by atoms with Crippen molar-refractivity contribution in [2.24, 2.45) is 0 Å². The van der Waals surface area contributed by atoms with Gasteiger partial charge in [-0.25, -0.2) is 4.79 Å². The summed E-state index contributed by atoms with van der Waals surface area (Å²) < 4.78 is 0. The lowest BCUT2D eigenvalue weighted by atomic mass is 10.2. The molecule has 17 heavy (non-hydrogen) atoms. The van der Waals surface area contributed by atoms with Gasteiger partial charge in [0, 0.05) is 11.6 Å². The Hall–Kier alpha value is -1.26. The van der Waals surface area contributed by atoms with E-state index in [-0.39, 0.29) is 18.7 Å². The number of urea groups is 1. The Kier molecular flexibility index (Phi) is 5.80. The van der Waals surface area contributed by atoms with E-state index in [0.717, 1.165) is 5.56 Å². The van der Waals surface area contributed by atoms with Gasteiger partial charge in [0.15, 0.2) is 0 Å². The highest BCUT2D eigenvalue weighted by Gasteiger charge is 2.07. The summed E-state index contributed by atoms with van der Waals surface area (Å²) >= 11 is 5.75. The van der Waals surface area contributed by atoms with E-state index in [1.54, 1.807) is 12.1 Å². The van der Waals surface area contributed by atoms with E-state index in [9.17, 15) is 4.79 Å². The third kappa shape index (κ3) is 5.06. The molecule has 1 unspecified atom stereocenters. The third-order valence-electron chi connectivity index (χ3n) is 2.41. The van der Waals surface area contributed by atoms with Crippen molar-refractivity contribution in [2.75, 3.05) is 6.61 Å². The van der Waals surface area contributed by atoms with Crippen LogP contribution in [0.25, 0.3) is 0 Å². The molecule has 2 amide bonds. The summed E-state index contributed by atoms with van der Waals surface area (Å²) in [6.45, 7) is 2.29. The zero-order valence-corrected chi connectivity index (χ0v) is 10.5. The monoisotopic (exact) mass is 256 g/mol. The molecule has 0 aliphatic carbocycles. The van der Waals surface area contributed by atoms with Gasteiger partial charge < -0.3 is 15.7 Å². The standard InChI is InChI=1S/C12H17ClN2O2/c1-2-11(8-16)15-12(17)14-7-9-3-5-10(13)6-4-9/h3-6,11,16H,2,7-8H2,1H3,(H2,14,15,17). The minimum atomic E-state index is -0.277. The number of carbonyl (C=O) groups is 1. The minimum Gasteiger partial charge on any atom is -0.394 e. The van der Waals surface area contributed by atoms with Crippen LogP contribution in [0.15, 0.2) is 24.3 Å². The summed E-state index contributed by atoms with van der Waals surface area (Å²) in [5, 5.41) is 15.0. The van der Waals surface area contributed by atoms with Crippen molar-refractivity contribution < 1.29 is 9.90 Å². The molecule has 0 fully saturated rings. The molecule has 0 saturated heterocycles. The van der Waals surface area contributed by atoms with Crippen molar-refractivity contribution in [2.45, 2.75) is 25.9 Å². The zero-order chi connectivity index (χ0) is 12.7. The topological polar surface area (TPSA) is 61.4 Å². The average Bonchev–Trinajstić information content (AvgIpc) is 2.35. The van der Waals surface area contributed by atoms with Gasteiger partial charge in [-0.1, -0.05) is 30.7 Å². The maximum Gasteiger partial charge on any atom is 0.315 e. The van der Waals surface area contributed by atoms with E-state index >= 15 is 0 Å². The molecule has 1 atom stereocenters. The zero-order valence-electron chi connectivity index (χ0n) is 9.74. The number of aliphatic hydroxyl groups excluding tert-OH is 1. The van der Waals surface area contributed by atoms with Gasteiger partial charge in [-0.05, 0) is 24.1 Å². The van der Waals surface area contributed by atoms with Gasteiger partial charge >= 0.3 is 6.03 Å². The predicted octanol–water partition coefficient (Wildman–Crippen LogP) is 1.91. The summed E-state index contributed by atoms with van der Waals surface area (Å²) in [4.78, 5) is 11.5. The van der Waals surface area contributed by atoms with E-state index in [1.807, 2.05) is 19.1 Å². The van der Waals surface area contributed by atoms with Crippen LogP contribution in [-0.2, 0) is 6.54 Å². The first-order chi connectivity index (χ1) is 8.15. The molecule has 0 aliphatic heterocycles. The Morgan fingerprint density at radius 1 is 1.41 bits per heavy atom. The van der Waals surface area contributed by atoms with Gasteiger partial charge in [-0.2, -0.15) is 0 Å². The Balaban J connectivity index is 2.35. The fraction of sp³-hybridized carbons (Fsp3) is 0.417. The molecule has 5 heteroatoms. The molecule has 1 aromatic carbocycles. The molecule has 4 nitrogen and oxygen atoms in total.